The van der Waals surface area contributed by atoms with Crippen molar-refractivity contribution in [2.24, 2.45) is 11.3 Å². The number of hydrazine groups is 1. The van der Waals surface area contributed by atoms with Crippen LogP contribution < -0.4 is 16.0 Å². The van der Waals surface area contributed by atoms with Crippen LogP contribution in [-0.4, -0.2) is 13.2 Å². The predicted molar refractivity (Wildman–Crippen MR) is 79.6 cm³/mol. The molecule has 3 nitrogen and oxygen atoms in total. The van der Waals surface area contributed by atoms with Crippen molar-refractivity contribution in [1.29, 1.82) is 0 Å². The molecule has 0 amide bonds. The summed E-state index contributed by atoms with van der Waals surface area (Å²) in [6.07, 6.45) is 1.99. The summed E-state index contributed by atoms with van der Waals surface area (Å²) in [4.78, 5) is 0. The highest BCUT2D eigenvalue weighted by molar-refractivity contribution is 9.10. The van der Waals surface area contributed by atoms with Gasteiger partial charge >= 0.3 is 0 Å². The van der Waals surface area contributed by atoms with Gasteiger partial charge in [0, 0.05) is 6.04 Å². The number of nitrogens with one attached hydrogen (secondary N) is 1. The van der Waals surface area contributed by atoms with Gasteiger partial charge in [-0.05, 0) is 51.9 Å². The molecule has 0 fully saturated rings. The third-order valence-corrected chi connectivity index (χ3v) is 4.33. The lowest BCUT2D eigenvalue weighted by Gasteiger charge is -2.33. The van der Waals surface area contributed by atoms with Crippen LogP contribution in [-0.2, 0) is 6.42 Å². The first-order chi connectivity index (χ1) is 8.44. The van der Waals surface area contributed by atoms with Gasteiger partial charge in [-0.15, -0.1) is 0 Å². The molecule has 1 aromatic carbocycles. The molecule has 3 N–H and O–H groups in total. The van der Waals surface area contributed by atoms with E-state index in [1.54, 1.807) is 7.11 Å². The maximum atomic E-state index is 5.69. The maximum Gasteiger partial charge on any atom is 0.133 e. The summed E-state index contributed by atoms with van der Waals surface area (Å²) in [5.74, 6) is 6.54. The first-order valence-electron chi connectivity index (χ1n) is 6.23. The molecule has 1 aromatic rings. The molecule has 0 aromatic heterocycles. The second-order valence-corrected chi connectivity index (χ2v) is 6.09. The van der Waals surface area contributed by atoms with Gasteiger partial charge in [-0.25, -0.2) is 0 Å². The standard InChI is InChI=1S/C14H23BrN2O/c1-5-14(2,3)13(17-16)9-10-6-7-12(18-4)11(15)8-10/h6-8,13,17H,5,9,16H2,1-4H3. The Hall–Kier alpha value is -0.580. The maximum absolute atomic E-state index is 5.69. The Morgan fingerprint density at radius 1 is 1.44 bits per heavy atom. The summed E-state index contributed by atoms with van der Waals surface area (Å²) in [5.41, 5.74) is 4.35. The molecule has 0 heterocycles. The molecule has 1 rings (SSSR count). The summed E-state index contributed by atoms with van der Waals surface area (Å²) in [5, 5.41) is 0. The largest absolute Gasteiger partial charge is 0.496 e. The fraction of sp³-hybridized carbons (Fsp3) is 0.571. The Morgan fingerprint density at radius 2 is 2.11 bits per heavy atom. The summed E-state index contributed by atoms with van der Waals surface area (Å²) in [6, 6.07) is 6.41. The molecule has 0 spiro atoms. The third-order valence-electron chi connectivity index (χ3n) is 3.71. The molecule has 18 heavy (non-hydrogen) atoms. The van der Waals surface area contributed by atoms with Crippen LogP contribution in [0, 0.1) is 5.41 Å². The topological polar surface area (TPSA) is 47.3 Å². The van der Waals surface area contributed by atoms with Crippen molar-refractivity contribution in [3.8, 4) is 5.75 Å². The minimum atomic E-state index is 0.168. The number of rotatable bonds is 6. The third kappa shape index (κ3) is 3.70. The molecule has 0 aliphatic rings. The Morgan fingerprint density at radius 3 is 2.56 bits per heavy atom. The van der Waals surface area contributed by atoms with Crippen molar-refractivity contribution in [1.82, 2.24) is 5.43 Å². The lowest BCUT2D eigenvalue weighted by Crippen LogP contribution is -2.46. The Kier molecular flexibility index (Phi) is 5.63. The number of methoxy groups -OCH3 is 1. The van der Waals surface area contributed by atoms with Crippen LogP contribution in [0.1, 0.15) is 32.8 Å². The summed E-state index contributed by atoms with van der Waals surface area (Å²) >= 11 is 3.51. The Bertz CT molecular complexity index is 393. The smallest absolute Gasteiger partial charge is 0.133 e. The molecular formula is C14H23BrN2O. The summed E-state index contributed by atoms with van der Waals surface area (Å²) in [7, 11) is 1.67. The number of hydrogen-bond acceptors (Lipinski definition) is 3. The Balaban J connectivity index is 2.86. The molecule has 4 heteroatoms. The van der Waals surface area contributed by atoms with Crippen LogP contribution in [0.5, 0.6) is 5.75 Å². The van der Waals surface area contributed by atoms with Crippen LogP contribution in [0.15, 0.2) is 22.7 Å². The SMILES string of the molecule is CCC(C)(C)C(Cc1ccc(OC)c(Br)c1)NN. The van der Waals surface area contributed by atoms with Gasteiger partial charge in [-0.3, -0.25) is 11.3 Å². The van der Waals surface area contributed by atoms with Gasteiger partial charge in [0.25, 0.3) is 0 Å². The molecule has 0 bridgehead atoms. The van der Waals surface area contributed by atoms with E-state index < -0.39 is 0 Å². The second-order valence-electron chi connectivity index (χ2n) is 5.23. The van der Waals surface area contributed by atoms with Gasteiger partial charge in [0.15, 0.2) is 0 Å². The average molecular weight is 315 g/mol. The van der Waals surface area contributed by atoms with Crippen LogP contribution >= 0.6 is 15.9 Å². The fourth-order valence-corrected chi connectivity index (χ4v) is 2.47. The number of hydrogen-bond donors (Lipinski definition) is 2. The average Bonchev–Trinajstić information content (AvgIpc) is 2.35. The molecule has 0 saturated carbocycles. The van der Waals surface area contributed by atoms with E-state index in [-0.39, 0.29) is 11.5 Å². The zero-order chi connectivity index (χ0) is 13.8. The molecule has 0 radical (unpaired) electrons. The van der Waals surface area contributed by atoms with Crippen molar-refractivity contribution in [2.75, 3.05) is 7.11 Å². The van der Waals surface area contributed by atoms with Gasteiger partial charge in [-0.2, -0.15) is 0 Å². The molecule has 0 aliphatic carbocycles. The van der Waals surface area contributed by atoms with Crippen LogP contribution in [0.4, 0.5) is 0 Å². The highest BCUT2D eigenvalue weighted by Gasteiger charge is 2.26. The van der Waals surface area contributed by atoms with Gasteiger partial charge in [0.05, 0.1) is 11.6 Å². The normalized spacial score (nSPS) is 13.4. The van der Waals surface area contributed by atoms with E-state index in [1.807, 2.05) is 6.07 Å². The van der Waals surface area contributed by atoms with E-state index in [4.69, 9.17) is 10.6 Å². The number of halogens is 1. The van der Waals surface area contributed by atoms with Gasteiger partial charge in [0.2, 0.25) is 0 Å². The summed E-state index contributed by atoms with van der Waals surface area (Å²) in [6.45, 7) is 6.65. The number of benzene rings is 1. The van der Waals surface area contributed by atoms with E-state index in [2.05, 4.69) is 54.3 Å². The monoisotopic (exact) mass is 314 g/mol. The second kappa shape index (κ2) is 6.55. The minimum Gasteiger partial charge on any atom is -0.496 e. The molecule has 1 unspecified atom stereocenters. The fourth-order valence-electron chi connectivity index (χ4n) is 1.88. The Labute approximate surface area is 118 Å². The first-order valence-corrected chi connectivity index (χ1v) is 7.02. The summed E-state index contributed by atoms with van der Waals surface area (Å²) < 4.78 is 6.21. The van der Waals surface area contributed by atoms with E-state index >= 15 is 0 Å². The van der Waals surface area contributed by atoms with Crippen molar-refractivity contribution in [3.05, 3.63) is 28.2 Å². The van der Waals surface area contributed by atoms with Crippen molar-refractivity contribution < 1.29 is 4.74 Å². The van der Waals surface area contributed by atoms with E-state index in [1.165, 1.54) is 5.56 Å². The van der Waals surface area contributed by atoms with E-state index in [0.717, 1.165) is 23.1 Å². The number of nitrogens with two attached hydrogens (primary N) is 1. The predicted octanol–water partition coefficient (Wildman–Crippen LogP) is 3.27. The van der Waals surface area contributed by atoms with E-state index in [9.17, 15) is 0 Å². The highest BCUT2D eigenvalue weighted by Crippen LogP contribution is 2.30. The highest BCUT2D eigenvalue weighted by atomic mass is 79.9. The van der Waals surface area contributed by atoms with Crippen molar-refractivity contribution in [2.45, 2.75) is 39.7 Å². The van der Waals surface area contributed by atoms with Crippen LogP contribution in [0.25, 0.3) is 0 Å². The van der Waals surface area contributed by atoms with Crippen molar-refractivity contribution in [3.63, 3.8) is 0 Å². The van der Waals surface area contributed by atoms with Gasteiger partial charge in [0.1, 0.15) is 5.75 Å². The molecular weight excluding hydrogens is 292 g/mol. The minimum absolute atomic E-state index is 0.168. The lowest BCUT2D eigenvalue weighted by molar-refractivity contribution is 0.231. The molecule has 0 saturated heterocycles. The zero-order valence-corrected chi connectivity index (χ0v) is 13.2. The lowest BCUT2D eigenvalue weighted by atomic mass is 9.79. The first kappa shape index (κ1) is 15.5. The van der Waals surface area contributed by atoms with Crippen LogP contribution in [0.2, 0.25) is 0 Å². The van der Waals surface area contributed by atoms with Gasteiger partial charge < -0.3 is 4.74 Å². The quantitative estimate of drug-likeness (QED) is 0.626. The molecule has 0 aliphatic heterocycles. The van der Waals surface area contributed by atoms with Crippen molar-refractivity contribution >= 4 is 15.9 Å². The number of ether oxygens (including phenoxy) is 1. The van der Waals surface area contributed by atoms with E-state index in [0.29, 0.717) is 0 Å². The van der Waals surface area contributed by atoms with Gasteiger partial charge in [-0.1, -0.05) is 26.8 Å². The molecule has 1 atom stereocenters. The van der Waals surface area contributed by atoms with Crippen LogP contribution in [0.3, 0.4) is 0 Å². The zero-order valence-electron chi connectivity index (χ0n) is 11.6. The molecule has 102 valence electrons.